The van der Waals surface area contributed by atoms with Crippen molar-refractivity contribution in [1.82, 2.24) is 5.06 Å². The van der Waals surface area contributed by atoms with Gasteiger partial charge < -0.3 is 75.5 Å². The molecule has 27 nitrogen and oxygen atoms in total. The van der Waals surface area contributed by atoms with Crippen LogP contribution in [0.3, 0.4) is 0 Å². The fourth-order valence-electron chi connectivity index (χ4n) is 11.5. The number of anilines is 1. The molecular weight excluding hydrogens is 1330 g/mol. The Hall–Kier alpha value is -5.65. The van der Waals surface area contributed by atoms with E-state index in [4.69, 9.17) is 56.9 Å². The lowest BCUT2D eigenvalue weighted by atomic mass is 9.75. The highest BCUT2D eigenvalue weighted by molar-refractivity contribution is 7.86. The highest BCUT2D eigenvalue weighted by Crippen LogP contribution is 2.50. The number of hydrogen-bond donors (Lipinski definition) is 0. The third kappa shape index (κ3) is 25.5. The second kappa shape index (κ2) is 38.8. The van der Waals surface area contributed by atoms with Gasteiger partial charge in [0.25, 0.3) is 11.8 Å². The second-order valence-electron chi connectivity index (χ2n) is 24.7. The zero-order valence-electron chi connectivity index (χ0n) is 56.7. The second-order valence-corrected chi connectivity index (χ2v) is 29.1. The summed E-state index contributed by atoms with van der Waals surface area (Å²) in [6.07, 6.45) is 13.5. The van der Waals surface area contributed by atoms with E-state index in [0.717, 1.165) is 34.0 Å². The number of hydrogen-bond acceptors (Lipinski definition) is 25. The summed E-state index contributed by atoms with van der Waals surface area (Å²) in [6, 6.07) is 7.79. The number of allylic oxidation sites excluding steroid dienone is 9. The Labute approximate surface area is 570 Å². The molecule has 4 aliphatic rings. The molecule has 2 aromatic carbocycles. The van der Waals surface area contributed by atoms with Crippen molar-refractivity contribution in [3.05, 3.63) is 95.3 Å². The molecule has 0 saturated carbocycles. The maximum atomic E-state index is 13.0. The summed E-state index contributed by atoms with van der Waals surface area (Å²) in [7, 11) is -11.0. The largest absolute Gasteiger partial charge is 0.748 e. The van der Waals surface area contributed by atoms with E-state index in [1.165, 1.54) is 12.1 Å². The van der Waals surface area contributed by atoms with Crippen molar-refractivity contribution in [1.29, 1.82) is 0 Å². The third-order valence-corrected chi connectivity index (χ3v) is 18.8. The minimum Gasteiger partial charge on any atom is -0.748 e. The summed E-state index contributed by atoms with van der Waals surface area (Å²) in [5.41, 5.74) is 2.76. The van der Waals surface area contributed by atoms with Crippen LogP contribution in [0.1, 0.15) is 109 Å². The van der Waals surface area contributed by atoms with E-state index in [0.29, 0.717) is 139 Å². The van der Waals surface area contributed by atoms with Gasteiger partial charge in [-0.25, -0.2) is 30.0 Å². The lowest BCUT2D eigenvalue weighted by Crippen LogP contribution is -2.52. The first-order chi connectivity index (χ1) is 46.1. The van der Waals surface area contributed by atoms with Gasteiger partial charge in [0.1, 0.15) is 28.2 Å². The summed E-state index contributed by atoms with van der Waals surface area (Å²) >= 11 is 0. The van der Waals surface area contributed by atoms with Crippen LogP contribution < -0.4 is 9.64 Å². The molecule has 4 aliphatic heterocycles. The number of hydroxylamine groups is 2. The molecule has 0 aliphatic carbocycles. The van der Waals surface area contributed by atoms with Crippen LogP contribution in [0, 0.1) is 5.41 Å². The van der Waals surface area contributed by atoms with Gasteiger partial charge in [0.05, 0.1) is 142 Å². The molecule has 1 fully saturated rings. The van der Waals surface area contributed by atoms with E-state index in [-0.39, 0.29) is 84.5 Å². The van der Waals surface area contributed by atoms with Crippen LogP contribution in [-0.2, 0) is 102 Å². The van der Waals surface area contributed by atoms with E-state index in [1.54, 1.807) is 50.0 Å². The summed E-state index contributed by atoms with van der Waals surface area (Å²) in [5.74, 6) is -2.35. The smallest absolute Gasteiger partial charge is 0.333 e. The SMILES string of the molecule is COCCOCCOCCOCCOCCC1(CCOCCOCCOCCOCCOC)C=C(C)c2cc3c(cc2N1CCCS(=O)(=O)[O-])OC(C(C)(C)C)=C\C3=C/C=C/C=C/C1=[N+](CCCS(=O)(=O)[O-])c2ccc(S(=O)(=O)[O-])cc2C1(C)CCCC(=O)ON1C(=O)CCC1=O. The molecule has 542 valence electrons. The minimum absolute atomic E-state index is 0.00761. The van der Waals surface area contributed by atoms with E-state index in [2.05, 4.69) is 11.0 Å². The van der Waals surface area contributed by atoms with Crippen LogP contribution >= 0.6 is 0 Å². The van der Waals surface area contributed by atoms with E-state index in [9.17, 15) is 53.3 Å². The van der Waals surface area contributed by atoms with Crippen LogP contribution in [0.4, 0.5) is 11.4 Å². The maximum Gasteiger partial charge on any atom is 0.333 e. The molecule has 6 rings (SSSR count). The predicted octanol–water partition coefficient (Wildman–Crippen LogP) is 6.28. The molecule has 0 N–H and O–H groups in total. The van der Waals surface area contributed by atoms with Gasteiger partial charge in [0.15, 0.2) is 5.71 Å². The van der Waals surface area contributed by atoms with Gasteiger partial charge in [-0.2, -0.15) is 4.58 Å². The Morgan fingerprint density at radius 2 is 1.16 bits per heavy atom. The Morgan fingerprint density at radius 1 is 0.649 bits per heavy atom. The number of ether oxygens (including phenoxy) is 11. The Bertz CT molecular complexity index is 3460. The first kappa shape index (κ1) is 80.3. The van der Waals surface area contributed by atoms with Crippen molar-refractivity contribution in [3.63, 3.8) is 0 Å². The quantitative estimate of drug-likeness (QED) is 0.0231. The monoisotopic (exact) mass is 1420 g/mol. The predicted molar refractivity (Wildman–Crippen MR) is 355 cm³/mol. The van der Waals surface area contributed by atoms with Crippen LogP contribution in [0.25, 0.3) is 11.1 Å². The molecule has 0 bridgehead atoms. The number of fused-ring (bicyclic) bond motifs is 3. The van der Waals surface area contributed by atoms with Gasteiger partial charge in [0, 0.05) is 117 Å². The molecule has 2 aromatic rings. The number of carbonyl (C=O) groups is 3. The van der Waals surface area contributed by atoms with Gasteiger partial charge in [-0.3, -0.25) is 9.59 Å². The number of benzene rings is 2. The lowest BCUT2D eigenvalue weighted by Gasteiger charge is -2.48. The molecular formula is C67H95N3O24S3-2. The molecule has 30 heteroatoms. The Balaban J connectivity index is 1.30. The van der Waals surface area contributed by atoms with Gasteiger partial charge in [0.2, 0.25) is 5.69 Å². The van der Waals surface area contributed by atoms with Gasteiger partial charge in [-0.15, -0.1) is 5.06 Å². The number of nitrogens with zero attached hydrogens (tertiary/aromatic N) is 3. The Morgan fingerprint density at radius 3 is 1.67 bits per heavy atom. The highest BCUT2D eigenvalue weighted by atomic mass is 32.2. The van der Waals surface area contributed by atoms with E-state index >= 15 is 0 Å². The molecule has 97 heavy (non-hydrogen) atoms. The van der Waals surface area contributed by atoms with Crippen molar-refractivity contribution in [2.45, 2.75) is 108 Å². The average molecular weight is 1420 g/mol. The van der Waals surface area contributed by atoms with Crippen LogP contribution in [0.2, 0.25) is 0 Å². The van der Waals surface area contributed by atoms with Crippen LogP contribution in [-0.4, -0.2) is 235 Å². The van der Waals surface area contributed by atoms with Crippen LogP contribution in [0.15, 0.2) is 83.5 Å². The minimum atomic E-state index is -4.98. The molecule has 1 unspecified atom stereocenters. The normalized spacial score (nSPS) is 17.8. The summed E-state index contributed by atoms with van der Waals surface area (Å²) in [4.78, 5) is 44.2. The lowest BCUT2D eigenvalue weighted by molar-refractivity contribution is -0.437. The van der Waals surface area contributed by atoms with Crippen molar-refractivity contribution in [2.75, 3.05) is 163 Å². The zero-order valence-corrected chi connectivity index (χ0v) is 59.2. The number of imide groups is 1. The van der Waals surface area contributed by atoms with E-state index in [1.807, 2.05) is 52.0 Å². The average Bonchev–Trinajstić information content (AvgIpc) is 1.73. The highest BCUT2D eigenvalue weighted by Gasteiger charge is 2.48. The molecule has 0 radical (unpaired) electrons. The zero-order chi connectivity index (χ0) is 70.7. The Kier molecular flexibility index (Phi) is 32.1. The van der Waals surface area contributed by atoms with Crippen molar-refractivity contribution < 1.29 is 115 Å². The van der Waals surface area contributed by atoms with Gasteiger partial charge in [-0.1, -0.05) is 51.2 Å². The first-order valence-electron chi connectivity index (χ1n) is 32.5. The molecule has 2 amide bonds. The molecule has 0 aromatic heterocycles. The summed E-state index contributed by atoms with van der Waals surface area (Å²) < 4.78 is 174. The third-order valence-electron chi connectivity index (χ3n) is 16.4. The topological polar surface area (TPSA) is 343 Å². The number of methoxy groups -OCH3 is 2. The molecule has 0 spiro atoms. The molecule has 1 saturated heterocycles. The fourth-order valence-corrected chi connectivity index (χ4v) is 13.0. The van der Waals surface area contributed by atoms with Crippen LogP contribution in [0.5, 0.6) is 5.75 Å². The fraction of sp³-hybridized carbons (Fsp3) is 0.612. The van der Waals surface area contributed by atoms with E-state index < -0.39 is 80.9 Å². The number of carbonyl (C=O) groups excluding carboxylic acids is 3. The maximum absolute atomic E-state index is 13.0. The summed E-state index contributed by atoms with van der Waals surface area (Å²) in [5, 5.41) is 0.445. The van der Waals surface area contributed by atoms with Gasteiger partial charge in [-0.05, 0) is 81.4 Å². The standard InChI is InChI=1S/C67H97N3O24S3/c1-51-50-67(22-26-85-32-34-89-40-42-91-38-36-87-30-28-83-6,23-27-86-33-35-90-41-43-92-39-37-88-31-29-84-7)69(25-13-45-96(77,78)79)58-49-59-55(48-54(51)58)52(46-61(93-59)65(2,3)4)14-9-8-10-15-60-66(5,21-11-16-64(73)94-70-62(71)19-20-63(70)72)56-47-53(97(80,81)82)17-18-57(56)68(60)24-12-44-95(74,75)76/h8-10,14-15,17-18,46-50H,11-13,16,19-45H2,1-7H3,(H2-,74,75,76,77,78,79,80,81,82)/p-2. The van der Waals surface area contributed by atoms with Crippen molar-refractivity contribution in [2.24, 2.45) is 5.41 Å². The van der Waals surface area contributed by atoms with Crippen molar-refractivity contribution >= 4 is 76.4 Å². The molecule has 1 atom stereocenters. The molecule has 4 heterocycles. The van der Waals surface area contributed by atoms with Gasteiger partial charge >= 0.3 is 5.97 Å². The number of rotatable bonds is 47. The van der Waals surface area contributed by atoms with Crippen molar-refractivity contribution in [3.8, 4) is 5.75 Å². The number of amides is 2. The summed E-state index contributed by atoms with van der Waals surface area (Å²) in [6.45, 7) is 16.8. The first-order valence-corrected chi connectivity index (χ1v) is 37.1.